The predicted molar refractivity (Wildman–Crippen MR) is 85.7 cm³/mol. The van der Waals surface area contributed by atoms with Crippen LogP contribution >= 0.6 is 0 Å². The summed E-state index contributed by atoms with van der Waals surface area (Å²) < 4.78 is 5.19. The van der Waals surface area contributed by atoms with Gasteiger partial charge in [0.15, 0.2) is 6.10 Å². The summed E-state index contributed by atoms with van der Waals surface area (Å²) in [4.78, 5) is 12.1. The number of aliphatic hydroxyl groups excluding tert-OH is 1. The van der Waals surface area contributed by atoms with E-state index in [1.807, 2.05) is 37.3 Å². The molecule has 0 aliphatic carbocycles. The van der Waals surface area contributed by atoms with Crippen LogP contribution in [0.5, 0.6) is 5.75 Å². The Bertz CT molecular complexity index is 613. The summed E-state index contributed by atoms with van der Waals surface area (Å²) in [6.07, 6.45) is -0.473. The van der Waals surface area contributed by atoms with Crippen molar-refractivity contribution in [2.24, 2.45) is 0 Å². The lowest BCUT2D eigenvalue weighted by atomic mass is 10.1. The fourth-order valence-electron chi connectivity index (χ4n) is 2.31. The zero-order chi connectivity index (χ0) is 15.9. The smallest absolute Gasteiger partial charge is 0.253 e. The third-order valence-corrected chi connectivity index (χ3v) is 3.43. The maximum Gasteiger partial charge on any atom is 0.253 e. The minimum Gasteiger partial charge on any atom is -0.497 e. The first-order valence-electron chi connectivity index (χ1n) is 7.26. The first-order valence-corrected chi connectivity index (χ1v) is 7.26. The van der Waals surface area contributed by atoms with Crippen molar-refractivity contribution in [2.45, 2.75) is 25.5 Å². The quantitative estimate of drug-likeness (QED) is 0.861. The van der Waals surface area contributed by atoms with Gasteiger partial charge in [-0.25, -0.2) is 0 Å². The van der Waals surface area contributed by atoms with Gasteiger partial charge in [0.1, 0.15) is 5.75 Å². The van der Waals surface area contributed by atoms with Gasteiger partial charge in [-0.2, -0.15) is 0 Å². The van der Waals surface area contributed by atoms with Gasteiger partial charge in [0, 0.05) is 6.04 Å². The van der Waals surface area contributed by atoms with Gasteiger partial charge in [0.2, 0.25) is 0 Å². The number of benzene rings is 2. The zero-order valence-corrected chi connectivity index (χ0v) is 12.8. The van der Waals surface area contributed by atoms with E-state index in [0.717, 1.165) is 11.3 Å². The Morgan fingerprint density at radius 3 is 2.59 bits per heavy atom. The number of amides is 1. The highest BCUT2D eigenvalue weighted by Crippen LogP contribution is 2.15. The summed E-state index contributed by atoms with van der Waals surface area (Å²) in [5.74, 6) is 0.405. The number of aliphatic hydroxyl groups is 1. The van der Waals surface area contributed by atoms with Crippen LogP contribution in [-0.2, 0) is 11.2 Å². The average Bonchev–Trinajstić information content (AvgIpc) is 2.55. The van der Waals surface area contributed by atoms with Gasteiger partial charge in [-0.15, -0.1) is 0 Å². The molecule has 2 rings (SSSR count). The van der Waals surface area contributed by atoms with Gasteiger partial charge in [0.25, 0.3) is 5.91 Å². The van der Waals surface area contributed by atoms with E-state index >= 15 is 0 Å². The Labute approximate surface area is 130 Å². The van der Waals surface area contributed by atoms with Crippen molar-refractivity contribution < 1.29 is 14.6 Å². The van der Waals surface area contributed by atoms with E-state index in [9.17, 15) is 9.90 Å². The molecule has 116 valence electrons. The van der Waals surface area contributed by atoms with E-state index in [2.05, 4.69) is 5.32 Å². The van der Waals surface area contributed by atoms with Gasteiger partial charge < -0.3 is 15.2 Å². The maximum atomic E-state index is 12.1. The van der Waals surface area contributed by atoms with Crippen molar-refractivity contribution in [1.82, 2.24) is 5.32 Å². The number of nitrogens with one attached hydrogen (secondary N) is 1. The van der Waals surface area contributed by atoms with Crippen LogP contribution in [0.25, 0.3) is 0 Å². The van der Waals surface area contributed by atoms with Gasteiger partial charge >= 0.3 is 0 Å². The lowest BCUT2D eigenvalue weighted by molar-refractivity contribution is -0.130. The molecule has 0 fully saturated rings. The van der Waals surface area contributed by atoms with Gasteiger partial charge in [-0.1, -0.05) is 42.5 Å². The normalized spacial score (nSPS) is 13.2. The van der Waals surface area contributed by atoms with Crippen LogP contribution in [0.1, 0.15) is 24.2 Å². The molecular weight excluding hydrogens is 278 g/mol. The third kappa shape index (κ3) is 4.33. The highest BCUT2D eigenvalue weighted by atomic mass is 16.5. The molecular formula is C18H21NO3. The number of hydrogen-bond donors (Lipinski definition) is 2. The number of hydrogen-bond acceptors (Lipinski definition) is 3. The van der Waals surface area contributed by atoms with E-state index in [4.69, 9.17) is 4.74 Å². The Kier molecular flexibility index (Phi) is 5.55. The van der Waals surface area contributed by atoms with E-state index in [0.29, 0.717) is 12.0 Å². The van der Waals surface area contributed by atoms with E-state index in [1.54, 1.807) is 31.4 Å². The summed E-state index contributed by atoms with van der Waals surface area (Å²) in [5.41, 5.74) is 1.66. The monoisotopic (exact) mass is 299 g/mol. The van der Waals surface area contributed by atoms with E-state index in [1.165, 1.54) is 0 Å². The van der Waals surface area contributed by atoms with Crippen LogP contribution in [0.4, 0.5) is 0 Å². The fraction of sp³-hybridized carbons (Fsp3) is 0.278. The van der Waals surface area contributed by atoms with Gasteiger partial charge in [0.05, 0.1) is 7.11 Å². The summed E-state index contributed by atoms with van der Waals surface area (Å²) in [7, 11) is 1.63. The Morgan fingerprint density at radius 2 is 1.91 bits per heavy atom. The molecule has 4 nitrogen and oxygen atoms in total. The molecule has 0 aromatic heterocycles. The highest BCUT2D eigenvalue weighted by molar-refractivity contribution is 5.82. The molecule has 0 bridgehead atoms. The molecule has 2 aromatic rings. The number of ether oxygens (including phenoxy) is 1. The molecule has 2 atom stereocenters. The Morgan fingerprint density at radius 1 is 1.18 bits per heavy atom. The number of carbonyl (C=O) groups excluding carboxylic acids is 1. The molecule has 0 unspecified atom stereocenters. The molecule has 0 radical (unpaired) electrons. The first-order chi connectivity index (χ1) is 10.6. The molecule has 0 heterocycles. The number of carbonyl (C=O) groups is 1. The molecule has 4 heteroatoms. The molecule has 2 aromatic carbocycles. The van der Waals surface area contributed by atoms with Crippen LogP contribution in [0, 0.1) is 0 Å². The minimum absolute atomic E-state index is 0.0852. The summed E-state index contributed by atoms with van der Waals surface area (Å²) >= 11 is 0. The van der Waals surface area contributed by atoms with Crippen molar-refractivity contribution in [3.8, 4) is 5.75 Å². The number of methoxy groups -OCH3 is 1. The first kappa shape index (κ1) is 16.0. The molecule has 0 saturated heterocycles. The standard InChI is InChI=1S/C18H21NO3/c1-13(11-14-7-6-10-16(12-14)22-2)19-18(21)17(20)15-8-4-3-5-9-15/h3-10,12-13,17,20H,11H2,1-2H3,(H,19,21)/t13-,17-/m1/s1. The maximum absolute atomic E-state index is 12.1. The van der Waals surface area contributed by atoms with Gasteiger partial charge in [-0.3, -0.25) is 4.79 Å². The predicted octanol–water partition coefficient (Wildman–Crippen LogP) is 2.48. The topological polar surface area (TPSA) is 58.6 Å². The molecule has 0 saturated carbocycles. The van der Waals surface area contributed by atoms with E-state index < -0.39 is 6.10 Å². The lowest BCUT2D eigenvalue weighted by Gasteiger charge is -2.17. The van der Waals surface area contributed by atoms with Crippen LogP contribution in [0.2, 0.25) is 0 Å². The SMILES string of the molecule is COc1cccc(C[C@@H](C)NC(=O)[C@H](O)c2ccccc2)c1. The van der Waals surface area contributed by atoms with Gasteiger partial charge in [-0.05, 0) is 36.6 Å². The Hall–Kier alpha value is -2.33. The second-order valence-electron chi connectivity index (χ2n) is 5.28. The molecule has 2 N–H and O–H groups in total. The summed E-state index contributed by atoms with van der Waals surface area (Å²) in [6.45, 7) is 1.91. The Balaban J connectivity index is 1.93. The van der Waals surface area contributed by atoms with Crippen molar-refractivity contribution in [2.75, 3.05) is 7.11 Å². The van der Waals surface area contributed by atoms with Crippen molar-refractivity contribution in [3.63, 3.8) is 0 Å². The zero-order valence-electron chi connectivity index (χ0n) is 12.8. The second kappa shape index (κ2) is 7.61. The summed E-state index contributed by atoms with van der Waals surface area (Å²) in [5, 5.41) is 12.9. The fourth-order valence-corrected chi connectivity index (χ4v) is 2.31. The molecule has 0 spiro atoms. The van der Waals surface area contributed by atoms with Crippen molar-refractivity contribution in [1.29, 1.82) is 0 Å². The third-order valence-electron chi connectivity index (χ3n) is 3.43. The summed E-state index contributed by atoms with van der Waals surface area (Å²) in [6, 6.07) is 16.5. The average molecular weight is 299 g/mol. The van der Waals surface area contributed by atoms with Crippen LogP contribution in [0.3, 0.4) is 0 Å². The van der Waals surface area contributed by atoms with Crippen LogP contribution in [-0.4, -0.2) is 24.2 Å². The van der Waals surface area contributed by atoms with Crippen molar-refractivity contribution >= 4 is 5.91 Å². The molecule has 1 amide bonds. The lowest BCUT2D eigenvalue weighted by Crippen LogP contribution is -2.37. The minimum atomic E-state index is -1.14. The van der Waals surface area contributed by atoms with Crippen molar-refractivity contribution in [3.05, 3.63) is 65.7 Å². The molecule has 22 heavy (non-hydrogen) atoms. The molecule has 0 aliphatic rings. The second-order valence-corrected chi connectivity index (χ2v) is 5.28. The van der Waals surface area contributed by atoms with E-state index in [-0.39, 0.29) is 11.9 Å². The van der Waals surface area contributed by atoms with Crippen LogP contribution in [0.15, 0.2) is 54.6 Å². The van der Waals surface area contributed by atoms with Crippen LogP contribution < -0.4 is 10.1 Å². The highest BCUT2D eigenvalue weighted by Gasteiger charge is 2.18. The largest absolute Gasteiger partial charge is 0.497 e. The molecule has 0 aliphatic heterocycles. The number of rotatable bonds is 6.